The van der Waals surface area contributed by atoms with Gasteiger partial charge < -0.3 is 9.73 Å². The van der Waals surface area contributed by atoms with E-state index in [2.05, 4.69) is 10.3 Å². The molecule has 22 heavy (non-hydrogen) atoms. The van der Waals surface area contributed by atoms with Gasteiger partial charge in [0.05, 0.1) is 17.7 Å². The highest BCUT2D eigenvalue weighted by Gasteiger charge is 2.15. The van der Waals surface area contributed by atoms with Crippen LogP contribution in [0.5, 0.6) is 0 Å². The molecule has 2 rings (SSSR count). The summed E-state index contributed by atoms with van der Waals surface area (Å²) in [4.78, 5) is 27.9. The normalized spacial score (nSPS) is 11.9. The van der Waals surface area contributed by atoms with E-state index in [1.807, 2.05) is 25.1 Å². The van der Waals surface area contributed by atoms with Gasteiger partial charge in [0, 0.05) is 24.4 Å². The second kappa shape index (κ2) is 8.38. The van der Waals surface area contributed by atoms with E-state index in [1.54, 1.807) is 18.3 Å². The zero-order valence-electron chi connectivity index (χ0n) is 12.3. The molecule has 0 fully saturated rings. The number of nitrogens with zero attached hydrogens (tertiary/aromatic N) is 1. The van der Waals surface area contributed by atoms with Gasteiger partial charge in [0.15, 0.2) is 11.5 Å². The van der Waals surface area contributed by atoms with Crippen molar-refractivity contribution in [1.29, 1.82) is 0 Å². The predicted octanol–water partition coefficient (Wildman–Crippen LogP) is 2.69. The number of ketones is 1. The first-order chi connectivity index (χ1) is 10.6. The number of thioether (sulfide) groups is 1. The summed E-state index contributed by atoms with van der Waals surface area (Å²) >= 11 is 1.50. The maximum atomic E-state index is 11.8. The molecular formula is C16H18N2O3S. The number of hydrogen-bond donors (Lipinski definition) is 1. The van der Waals surface area contributed by atoms with Crippen LogP contribution in [0.1, 0.15) is 29.6 Å². The molecule has 0 unspecified atom stereocenters. The van der Waals surface area contributed by atoms with E-state index in [9.17, 15) is 9.59 Å². The largest absolute Gasteiger partial charge is 0.461 e. The van der Waals surface area contributed by atoms with Gasteiger partial charge in [-0.25, -0.2) is 0 Å². The number of rotatable bonds is 8. The molecule has 2 heterocycles. The molecule has 0 saturated heterocycles. The molecule has 0 aliphatic carbocycles. The quantitative estimate of drug-likeness (QED) is 0.758. The van der Waals surface area contributed by atoms with E-state index in [0.29, 0.717) is 17.3 Å². The summed E-state index contributed by atoms with van der Waals surface area (Å²) in [5, 5.41) is 2.82. The van der Waals surface area contributed by atoms with Crippen LogP contribution in [-0.2, 0) is 10.5 Å². The lowest BCUT2D eigenvalue weighted by atomic mass is 10.1. The van der Waals surface area contributed by atoms with Crippen molar-refractivity contribution in [3.63, 3.8) is 0 Å². The monoisotopic (exact) mass is 318 g/mol. The Kier molecular flexibility index (Phi) is 6.21. The van der Waals surface area contributed by atoms with Crippen LogP contribution >= 0.6 is 11.8 Å². The average molecular weight is 318 g/mol. The Bertz CT molecular complexity index is 599. The molecule has 0 aliphatic rings. The van der Waals surface area contributed by atoms with Crippen LogP contribution in [0.4, 0.5) is 0 Å². The standard InChI is InChI=1S/C16H18N2O3S/c1-12(9-14(19)15-6-4-8-21-15)18-16(20)11-22-10-13-5-2-3-7-17-13/h2-8,12H,9-11H2,1H3,(H,18,20)/t12-/m0/s1. The predicted molar refractivity (Wildman–Crippen MR) is 85.7 cm³/mol. The van der Waals surface area contributed by atoms with E-state index in [1.165, 1.54) is 18.0 Å². The van der Waals surface area contributed by atoms with Crippen molar-refractivity contribution in [1.82, 2.24) is 10.3 Å². The number of amides is 1. The van der Waals surface area contributed by atoms with Crippen LogP contribution in [0.3, 0.4) is 0 Å². The Balaban J connectivity index is 1.67. The molecular weight excluding hydrogens is 300 g/mol. The Morgan fingerprint density at radius 3 is 2.86 bits per heavy atom. The van der Waals surface area contributed by atoms with E-state index >= 15 is 0 Å². The second-order valence-corrected chi connectivity index (χ2v) is 5.87. The van der Waals surface area contributed by atoms with E-state index in [-0.39, 0.29) is 24.2 Å². The molecule has 0 saturated carbocycles. The fraction of sp³-hybridized carbons (Fsp3) is 0.312. The van der Waals surface area contributed by atoms with Crippen LogP contribution in [-0.4, -0.2) is 28.5 Å². The highest BCUT2D eigenvalue weighted by Crippen LogP contribution is 2.10. The molecule has 0 aromatic carbocycles. The molecule has 1 N–H and O–H groups in total. The summed E-state index contributed by atoms with van der Waals surface area (Å²) in [5.74, 6) is 1.16. The lowest BCUT2D eigenvalue weighted by Gasteiger charge is -2.12. The minimum Gasteiger partial charge on any atom is -0.461 e. The number of carbonyl (C=O) groups excluding carboxylic acids is 2. The Labute approximate surface area is 133 Å². The molecule has 2 aromatic heterocycles. The van der Waals surface area contributed by atoms with Gasteiger partial charge in [0.2, 0.25) is 5.91 Å². The number of aromatic nitrogens is 1. The van der Waals surface area contributed by atoms with Crippen LogP contribution in [0.25, 0.3) is 0 Å². The molecule has 5 nitrogen and oxygen atoms in total. The Morgan fingerprint density at radius 1 is 1.32 bits per heavy atom. The number of nitrogens with one attached hydrogen (secondary N) is 1. The zero-order chi connectivity index (χ0) is 15.8. The molecule has 1 amide bonds. The van der Waals surface area contributed by atoms with Crippen molar-refractivity contribution in [2.45, 2.75) is 25.1 Å². The van der Waals surface area contributed by atoms with Crippen LogP contribution < -0.4 is 5.32 Å². The number of pyridine rings is 1. The van der Waals surface area contributed by atoms with E-state index in [4.69, 9.17) is 4.42 Å². The second-order valence-electron chi connectivity index (χ2n) is 4.89. The average Bonchev–Trinajstić information content (AvgIpc) is 3.02. The van der Waals surface area contributed by atoms with Gasteiger partial charge in [-0.3, -0.25) is 14.6 Å². The number of Topliss-reactive ketones (excluding diaryl/α,β-unsaturated/α-hetero) is 1. The van der Waals surface area contributed by atoms with Gasteiger partial charge in [0.25, 0.3) is 0 Å². The molecule has 0 bridgehead atoms. The fourth-order valence-electron chi connectivity index (χ4n) is 1.92. The molecule has 116 valence electrons. The number of furan rings is 1. The third kappa shape index (κ3) is 5.37. The highest BCUT2D eigenvalue weighted by atomic mass is 32.2. The van der Waals surface area contributed by atoms with Crippen molar-refractivity contribution in [2.24, 2.45) is 0 Å². The van der Waals surface area contributed by atoms with Crippen LogP contribution in [0, 0.1) is 0 Å². The molecule has 2 aromatic rings. The molecule has 6 heteroatoms. The van der Waals surface area contributed by atoms with Gasteiger partial charge in [0.1, 0.15) is 0 Å². The fourth-order valence-corrected chi connectivity index (χ4v) is 2.67. The van der Waals surface area contributed by atoms with Crippen molar-refractivity contribution in [2.75, 3.05) is 5.75 Å². The minimum atomic E-state index is -0.222. The third-order valence-electron chi connectivity index (χ3n) is 2.90. The zero-order valence-corrected chi connectivity index (χ0v) is 13.1. The lowest BCUT2D eigenvalue weighted by Crippen LogP contribution is -2.35. The minimum absolute atomic E-state index is 0.0827. The van der Waals surface area contributed by atoms with Gasteiger partial charge in [-0.2, -0.15) is 0 Å². The summed E-state index contributed by atoms with van der Waals surface area (Å²) in [6, 6.07) is 8.78. The third-order valence-corrected chi connectivity index (χ3v) is 3.87. The molecule has 0 radical (unpaired) electrons. The smallest absolute Gasteiger partial charge is 0.230 e. The first-order valence-electron chi connectivity index (χ1n) is 6.99. The summed E-state index contributed by atoms with van der Waals surface area (Å²) in [6.45, 7) is 1.81. The molecule has 1 atom stereocenters. The van der Waals surface area contributed by atoms with Crippen molar-refractivity contribution >= 4 is 23.5 Å². The first kappa shape index (κ1) is 16.3. The highest BCUT2D eigenvalue weighted by molar-refractivity contribution is 7.99. The lowest BCUT2D eigenvalue weighted by molar-refractivity contribution is -0.119. The van der Waals surface area contributed by atoms with Crippen molar-refractivity contribution in [3.8, 4) is 0 Å². The number of hydrogen-bond acceptors (Lipinski definition) is 5. The summed E-state index contributed by atoms with van der Waals surface area (Å²) in [7, 11) is 0. The maximum Gasteiger partial charge on any atom is 0.230 e. The number of carbonyl (C=O) groups is 2. The van der Waals surface area contributed by atoms with E-state index < -0.39 is 0 Å². The molecule has 0 spiro atoms. The van der Waals surface area contributed by atoms with Crippen LogP contribution in [0.2, 0.25) is 0 Å². The topological polar surface area (TPSA) is 72.2 Å². The Morgan fingerprint density at radius 2 is 2.18 bits per heavy atom. The Hall–Kier alpha value is -2.08. The summed E-state index contributed by atoms with van der Waals surface area (Å²) < 4.78 is 5.04. The van der Waals surface area contributed by atoms with Gasteiger partial charge in [-0.1, -0.05) is 6.07 Å². The summed E-state index contributed by atoms with van der Waals surface area (Å²) in [5.41, 5.74) is 0.946. The van der Waals surface area contributed by atoms with E-state index in [0.717, 1.165) is 5.69 Å². The van der Waals surface area contributed by atoms with Crippen molar-refractivity contribution < 1.29 is 14.0 Å². The van der Waals surface area contributed by atoms with Gasteiger partial charge >= 0.3 is 0 Å². The van der Waals surface area contributed by atoms with Crippen LogP contribution in [0.15, 0.2) is 47.2 Å². The van der Waals surface area contributed by atoms with Crippen molar-refractivity contribution in [3.05, 3.63) is 54.2 Å². The summed E-state index contributed by atoms with van der Waals surface area (Å²) in [6.07, 6.45) is 3.42. The first-order valence-corrected chi connectivity index (χ1v) is 8.14. The van der Waals surface area contributed by atoms with Gasteiger partial charge in [-0.05, 0) is 31.2 Å². The molecule has 0 aliphatic heterocycles. The SMILES string of the molecule is C[C@@H](CC(=O)c1ccco1)NC(=O)CSCc1ccccn1. The maximum absolute atomic E-state index is 11.8. The van der Waals surface area contributed by atoms with Gasteiger partial charge in [-0.15, -0.1) is 11.8 Å².